The highest BCUT2D eigenvalue weighted by molar-refractivity contribution is 6.39. The molecule has 3 heterocycles. The Labute approximate surface area is 373 Å². The van der Waals surface area contributed by atoms with Crippen LogP contribution in [0.3, 0.4) is 0 Å². The number of cyclic esters (lactones) is 1. The number of nitrogens with two attached hydrogens (primary N) is 1. The summed E-state index contributed by atoms with van der Waals surface area (Å²) in [6.45, 7) is 10.9. The second-order valence-corrected chi connectivity index (χ2v) is 18.7. The van der Waals surface area contributed by atoms with Gasteiger partial charge in [0.2, 0.25) is 5.79 Å². The van der Waals surface area contributed by atoms with Gasteiger partial charge in [-0.1, -0.05) is 45.9 Å². The number of amides is 1. The maximum absolute atomic E-state index is 16.3. The van der Waals surface area contributed by atoms with E-state index in [1.165, 1.54) is 19.1 Å². The molecule has 352 valence electrons. The SMILES string of the molecule is CCC1C=C(C)C(F)C(C)CC(OC)C2OC(O)(C(=O)C(=O)N3CCCCC3C(=O)OC(C(C)=CC3CCC(N)C(Oc4cccc(OC)c4)C3)C(C)CCC1=O)C(C)CC2OC. The maximum Gasteiger partial charge on any atom is 0.329 e. The molecule has 1 aliphatic carbocycles. The summed E-state index contributed by atoms with van der Waals surface area (Å²) < 4.78 is 52.3. The molecule has 5 rings (SSSR count). The molecule has 4 aliphatic rings. The van der Waals surface area contributed by atoms with Crippen LogP contribution in [0.25, 0.3) is 0 Å². The fourth-order valence-electron chi connectivity index (χ4n) is 10.1. The number of alkyl halides is 1. The molecule has 2 saturated heterocycles. The van der Waals surface area contributed by atoms with Crippen LogP contribution in [-0.4, -0.2) is 116 Å². The average Bonchev–Trinajstić information content (AvgIpc) is 3.28. The van der Waals surface area contributed by atoms with E-state index in [0.29, 0.717) is 55.6 Å². The van der Waals surface area contributed by atoms with Crippen LogP contribution in [0.1, 0.15) is 112 Å². The minimum atomic E-state index is -2.58. The van der Waals surface area contributed by atoms with Crippen LogP contribution in [0.5, 0.6) is 11.5 Å². The Morgan fingerprint density at radius 3 is 2.33 bits per heavy atom. The van der Waals surface area contributed by atoms with Crippen LogP contribution >= 0.6 is 0 Å². The van der Waals surface area contributed by atoms with Gasteiger partial charge in [0, 0.05) is 51.1 Å². The first kappa shape index (κ1) is 50.3. The first-order valence-electron chi connectivity index (χ1n) is 23.1. The van der Waals surface area contributed by atoms with E-state index in [1.54, 1.807) is 34.0 Å². The third-order valence-electron chi connectivity index (χ3n) is 14.1. The van der Waals surface area contributed by atoms with Gasteiger partial charge in [0.25, 0.3) is 11.7 Å². The van der Waals surface area contributed by atoms with Crippen molar-refractivity contribution >= 4 is 23.4 Å². The fourth-order valence-corrected chi connectivity index (χ4v) is 10.1. The van der Waals surface area contributed by atoms with Crippen molar-refractivity contribution in [2.24, 2.45) is 35.3 Å². The van der Waals surface area contributed by atoms with Gasteiger partial charge in [-0.05, 0) is 119 Å². The predicted molar refractivity (Wildman–Crippen MR) is 236 cm³/mol. The zero-order valence-corrected chi connectivity index (χ0v) is 38.9. The van der Waals surface area contributed by atoms with Crippen molar-refractivity contribution in [2.45, 2.75) is 167 Å². The van der Waals surface area contributed by atoms with Gasteiger partial charge in [-0.15, -0.1) is 0 Å². The minimum Gasteiger partial charge on any atom is -0.497 e. The number of ether oxygens (including phenoxy) is 6. The van der Waals surface area contributed by atoms with Gasteiger partial charge in [-0.2, -0.15) is 0 Å². The van der Waals surface area contributed by atoms with Gasteiger partial charge in [0.15, 0.2) is 0 Å². The second-order valence-electron chi connectivity index (χ2n) is 18.7. The lowest BCUT2D eigenvalue weighted by atomic mass is 9.81. The number of carbonyl (C=O) groups excluding carboxylic acids is 4. The molecule has 3 fully saturated rings. The fraction of sp³-hybridized carbons (Fsp3) is 0.714. The molecule has 63 heavy (non-hydrogen) atoms. The van der Waals surface area contributed by atoms with Gasteiger partial charge < -0.3 is 44.2 Å². The quantitative estimate of drug-likeness (QED) is 0.158. The topological polar surface area (TPSA) is 173 Å². The highest BCUT2D eigenvalue weighted by atomic mass is 19.1. The summed E-state index contributed by atoms with van der Waals surface area (Å²) in [5.41, 5.74) is 7.78. The molecule has 14 atom stereocenters. The number of esters is 1. The number of nitrogens with zero attached hydrogens (tertiary/aromatic N) is 1. The number of halogens is 1. The Kier molecular flexibility index (Phi) is 17.9. The van der Waals surface area contributed by atoms with E-state index in [9.17, 15) is 24.3 Å². The third-order valence-corrected chi connectivity index (χ3v) is 14.1. The monoisotopic (exact) mass is 885 g/mol. The van der Waals surface area contributed by atoms with Crippen LogP contribution < -0.4 is 15.2 Å². The minimum absolute atomic E-state index is 0.0366. The number of hydrogen-bond acceptors (Lipinski definition) is 12. The largest absolute Gasteiger partial charge is 0.497 e. The first-order valence-corrected chi connectivity index (χ1v) is 23.1. The lowest BCUT2D eigenvalue weighted by Crippen LogP contribution is -2.64. The molecule has 3 N–H and O–H groups in total. The average molecular weight is 885 g/mol. The predicted octanol–water partition coefficient (Wildman–Crippen LogP) is 6.86. The van der Waals surface area contributed by atoms with Crippen molar-refractivity contribution < 1.29 is 57.1 Å². The molecule has 14 unspecified atom stereocenters. The Balaban J connectivity index is 1.49. The number of benzene rings is 1. The van der Waals surface area contributed by atoms with Crippen LogP contribution in [0.4, 0.5) is 4.39 Å². The number of allylic oxidation sites excluding steroid dienone is 3. The summed E-state index contributed by atoms with van der Waals surface area (Å²) in [6.07, 6.45) is 3.62. The van der Waals surface area contributed by atoms with E-state index in [-0.39, 0.29) is 62.0 Å². The molecule has 14 heteroatoms. The molecule has 0 radical (unpaired) electrons. The van der Waals surface area contributed by atoms with Crippen molar-refractivity contribution in [1.82, 2.24) is 4.90 Å². The van der Waals surface area contributed by atoms with Gasteiger partial charge in [-0.3, -0.25) is 14.4 Å². The van der Waals surface area contributed by atoms with Crippen LogP contribution in [0.15, 0.2) is 47.6 Å². The Hall–Kier alpha value is -3.69. The zero-order valence-electron chi connectivity index (χ0n) is 38.9. The molecule has 1 aromatic carbocycles. The number of Topliss-reactive ketones (excluding diaryl/α,β-unsaturated/α-hetero) is 2. The maximum atomic E-state index is 16.3. The number of carbonyl (C=O) groups is 4. The van der Waals surface area contributed by atoms with E-state index >= 15 is 4.39 Å². The number of fused-ring (bicyclic) bond motifs is 3. The normalized spacial score (nSPS) is 37.3. The van der Waals surface area contributed by atoms with Crippen molar-refractivity contribution in [3.05, 3.63) is 47.6 Å². The first-order chi connectivity index (χ1) is 29.9. The molecule has 1 aromatic rings. The summed E-state index contributed by atoms with van der Waals surface area (Å²) in [4.78, 5) is 58.2. The van der Waals surface area contributed by atoms with Crippen molar-refractivity contribution in [3.8, 4) is 11.5 Å². The smallest absolute Gasteiger partial charge is 0.329 e. The van der Waals surface area contributed by atoms with E-state index in [1.807, 2.05) is 45.0 Å². The lowest BCUT2D eigenvalue weighted by Gasteiger charge is -2.47. The summed E-state index contributed by atoms with van der Waals surface area (Å²) >= 11 is 0. The van der Waals surface area contributed by atoms with E-state index in [0.717, 1.165) is 12.0 Å². The number of ketones is 2. The molecule has 3 aliphatic heterocycles. The van der Waals surface area contributed by atoms with Crippen LogP contribution in [0, 0.1) is 29.6 Å². The molecule has 1 saturated carbocycles. The van der Waals surface area contributed by atoms with E-state index < -0.39 is 77.8 Å². The molecular formula is C49H73FN2O11. The summed E-state index contributed by atoms with van der Waals surface area (Å²) in [5, 5.41) is 12.1. The number of piperidine rings is 1. The van der Waals surface area contributed by atoms with Crippen molar-refractivity contribution in [2.75, 3.05) is 27.9 Å². The third kappa shape index (κ3) is 12.0. The number of rotatable bonds is 8. The molecular weight excluding hydrogens is 812 g/mol. The standard InChI is InChI=1S/C49H73FN2O11/c1-10-34-23-29(3)43(50)30(4)24-41(59-8)45-42(60-9)25-32(6)49(57,63-45)46(54)47(55)52-21-12-11-16-38(52)48(56)62-44(28(2)17-20-39(34)53)31(5)22-33-18-19-37(51)40(26-33)61-36-15-13-14-35(27-36)58-7/h13-15,22-23,27-28,30,32-34,37-38,40-45,57H,10-12,16-21,24-26,51H2,1-9H3. The van der Waals surface area contributed by atoms with Gasteiger partial charge in [0.05, 0.1) is 19.3 Å². The summed E-state index contributed by atoms with van der Waals surface area (Å²) in [7, 11) is 4.52. The molecule has 0 spiro atoms. The van der Waals surface area contributed by atoms with Gasteiger partial charge >= 0.3 is 5.97 Å². The van der Waals surface area contributed by atoms with Crippen molar-refractivity contribution in [1.29, 1.82) is 0 Å². The van der Waals surface area contributed by atoms with Gasteiger partial charge in [0.1, 0.15) is 47.8 Å². The van der Waals surface area contributed by atoms with Gasteiger partial charge in [-0.25, -0.2) is 9.18 Å². The second kappa shape index (κ2) is 22.5. The number of aliphatic hydroxyl groups is 1. The molecule has 1 amide bonds. The lowest BCUT2D eigenvalue weighted by molar-refractivity contribution is -0.302. The molecule has 13 nitrogen and oxygen atoms in total. The highest BCUT2D eigenvalue weighted by Gasteiger charge is 2.56. The number of hydrogen-bond donors (Lipinski definition) is 2. The molecule has 2 bridgehead atoms. The van der Waals surface area contributed by atoms with E-state index in [2.05, 4.69) is 6.08 Å². The van der Waals surface area contributed by atoms with Crippen molar-refractivity contribution in [3.63, 3.8) is 0 Å². The Morgan fingerprint density at radius 2 is 1.65 bits per heavy atom. The summed E-state index contributed by atoms with van der Waals surface area (Å²) in [5.74, 6) is -6.52. The van der Waals surface area contributed by atoms with E-state index in [4.69, 9.17) is 34.2 Å². The molecule has 0 aromatic heterocycles. The summed E-state index contributed by atoms with van der Waals surface area (Å²) in [6, 6.07) is 6.10. The zero-order chi connectivity index (χ0) is 46.2. The number of methoxy groups -OCH3 is 3. The Bertz CT molecular complexity index is 1810. The highest BCUT2D eigenvalue weighted by Crippen LogP contribution is 2.40. The van der Waals surface area contributed by atoms with Crippen LogP contribution in [-0.2, 0) is 38.1 Å². The van der Waals surface area contributed by atoms with Crippen LogP contribution in [0.2, 0.25) is 0 Å². The Morgan fingerprint density at radius 1 is 0.952 bits per heavy atom.